The summed E-state index contributed by atoms with van der Waals surface area (Å²) in [5, 5.41) is 11.8. The first-order chi connectivity index (χ1) is 16.2. The predicted octanol–water partition coefficient (Wildman–Crippen LogP) is 5.59. The van der Waals surface area contributed by atoms with Gasteiger partial charge >= 0.3 is 0 Å². The molecule has 5 nitrogen and oxygen atoms in total. The molecule has 0 saturated carbocycles. The van der Waals surface area contributed by atoms with Crippen LogP contribution in [0.3, 0.4) is 0 Å². The molecule has 2 heterocycles. The quantitative estimate of drug-likeness (QED) is 0.430. The molecule has 1 aliphatic heterocycles. The summed E-state index contributed by atoms with van der Waals surface area (Å²) in [6, 6.07) is 30.1. The number of nitrogens with zero attached hydrogens (tertiary/aromatic N) is 3. The van der Waals surface area contributed by atoms with Crippen molar-refractivity contribution in [1.82, 2.24) is 10.2 Å². The number of carbonyl (C=O) groups excluding carboxylic acids is 1. The lowest BCUT2D eigenvalue weighted by Gasteiger charge is -2.15. The number of carbonyl (C=O) groups is 1. The average molecular weight is 435 g/mol. The van der Waals surface area contributed by atoms with Crippen molar-refractivity contribution in [3.05, 3.63) is 96.6 Å². The zero-order valence-corrected chi connectivity index (χ0v) is 18.4. The Morgan fingerprint density at radius 3 is 2.06 bits per heavy atom. The topological polar surface area (TPSA) is 58.1 Å². The van der Waals surface area contributed by atoms with Gasteiger partial charge in [-0.05, 0) is 53.8 Å². The second-order valence-electron chi connectivity index (χ2n) is 8.34. The molecule has 1 fully saturated rings. The molecule has 1 saturated heterocycles. The number of anilines is 2. The summed E-state index contributed by atoms with van der Waals surface area (Å²) in [5.74, 6) is 0.905. The first-order valence-electron chi connectivity index (χ1n) is 11.4. The van der Waals surface area contributed by atoms with Gasteiger partial charge < -0.3 is 10.2 Å². The molecule has 5 rings (SSSR count). The van der Waals surface area contributed by atoms with Crippen molar-refractivity contribution in [2.75, 3.05) is 23.3 Å². The van der Waals surface area contributed by atoms with Crippen LogP contribution in [-0.2, 0) is 11.2 Å². The second kappa shape index (κ2) is 9.65. The van der Waals surface area contributed by atoms with Crippen LogP contribution >= 0.6 is 0 Å². The minimum atomic E-state index is -0.0371. The first kappa shape index (κ1) is 20.9. The second-order valence-corrected chi connectivity index (χ2v) is 8.34. The van der Waals surface area contributed by atoms with Gasteiger partial charge in [-0.2, -0.15) is 0 Å². The van der Waals surface area contributed by atoms with Gasteiger partial charge in [-0.25, -0.2) is 0 Å². The smallest absolute Gasteiger partial charge is 0.228 e. The summed E-state index contributed by atoms with van der Waals surface area (Å²) in [7, 11) is 0. The van der Waals surface area contributed by atoms with Gasteiger partial charge in [-0.3, -0.25) is 4.79 Å². The maximum Gasteiger partial charge on any atom is 0.228 e. The fourth-order valence-corrected chi connectivity index (χ4v) is 4.15. The van der Waals surface area contributed by atoms with Crippen LogP contribution in [0.2, 0.25) is 0 Å². The maximum absolute atomic E-state index is 12.5. The normalized spacial score (nSPS) is 13.2. The number of nitrogens with one attached hydrogen (secondary N) is 1. The summed E-state index contributed by atoms with van der Waals surface area (Å²) >= 11 is 0. The number of aromatic nitrogens is 2. The number of hydrogen-bond donors (Lipinski definition) is 1. The van der Waals surface area contributed by atoms with Crippen molar-refractivity contribution < 1.29 is 4.79 Å². The third kappa shape index (κ3) is 5.09. The zero-order valence-electron chi connectivity index (χ0n) is 18.4. The molecule has 33 heavy (non-hydrogen) atoms. The summed E-state index contributed by atoms with van der Waals surface area (Å²) in [6.45, 7) is 2.11. The van der Waals surface area contributed by atoms with Gasteiger partial charge in [0.25, 0.3) is 0 Å². The van der Waals surface area contributed by atoms with Gasteiger partial charge in [0.1, 0.15) is 0 Å². The SMILES string of the molecule is O=C(Cc1ccc(-c2ccccc2)cc1)Nc1ccc(-c2ccc(N3CCCC3)nn2)cc1. The van der Waals surface area contributed by atoms with Crippen LogP contribution in [0.1, 0.15) is 18.4 Å². The molecule has 0 unspecified atom stereocenters. The Bertz CT molecular complexity index is 1200. The van der Waals surface area contributed by atoms with Crippen molar-refractivity contribution in [1.29, 1.82) is 0 Å². The lowest BCUT2D eigenvalue weighted by Crippen LogP contribution is -2.19. The summed E-state index contributed by atoms with van der Waals surface area (Å²) in [5.41, 5.74) is 5.87. The highest BCUT2D eigenvalue weighted by Gasteiger charge is 2.14. The van der Waals surface area contributed by atoms with Crippen molar-refractivity contribution in [3.63, 3.8) is 0 Å². The lowest BCUT2D eigenvalue weighted by molar-refractivity contribution is -0.115. The molecule has 5 heteroatoms. The summed E-state index contributed by atoms with van der Waals surface area (Å²) in [4.78, 5) is 14.8. The van der Waals surface area contributed by atoms with E-state index in [1.165, 1.54) is 18.4 Å². The van der Waals surface area contributed by atoms with Gasteiger partial charge in [-0.15, -0.1) is 10.2 Å². The van der Waals surface area contributed by atoms with Gasteiger partial charge in [0, 0.05) is 24.3 Å². The number of hydrogen-bond acceptors (Lipinski definition) is 4. The Labute approximate surface area is 194 Å². The molecule has 1 aliphatic rings. The Morgan fingerprint density at radius 1 is 0.727 bits per heavy atom. The fraction of sp³-hybridized carbons (Fsp3) is 0.179. The Morgan fingerprint density at radius 2 is 1.39 bits per heavy atom. The van der Waals surface area contributed by atoms with Crippen molar-refractivity contribution in [3.8, 4) is 22.4 Å². The van der Waals surface area contributed by atoms with Gasteiger partial charge in [-0.1, -0.05) is 66.7 Å². The summed E-state index contributed by atoms with van der Waals surface area (Å²) in [6.07, 6.45) is 2.77. The highest BCUT2D eigenvalue weighted by Crippen LogP contribution is 2.23. The van der Waals surface area contributed by atoms with E-state index in [1.54, 1.807) is 0 Å². The van der Waals surface area contributed by atoms with Crippen LogP contribution in [-0.4, -0.2) is 29.2 Å². The Balaban J connectivity index is 1.18. The summed E-state index contributed by atoms with van der Waals surface area (Å²) < 4.78 is 0. The van der Waals surface area contributed by atoms with E-state index in [4.69, 9.17) is 0 Å². The van der Waals surface area contributed by atoms with E-state index in [-0.39, 0.29) is 5.91 Å². The average Bonchev–Trinajstić information content (AvgIpc) is 3.41. The van der Waals surface area contributed by atoms with Crippen LogP contribution in [0.5, 0.6) is 0 Å². The van der Waals surface area contributed by atoms with Crippen LogP contribution in [0, 0.1) is 0 Å². The van der Waals surface area contributed by atoms with E-state index in [2.05, 4.69) is 44.7 Å². The maximum atomic E-state index is 12.5. The first-order valence-corrected chi connectivity index (χ1v) is 11.4. The highest BCUT2D eigenvalue weighted by atomic mass is 16.1. The molecule has 0 spiro atoms. The molecular weight excluding hydrogens is 408 g/mol. The zero-order chi connectivity index (χ0) is 22.5. The van der Waals surface area contributed by atoms with Crippen LogP contribution in [0.25, 0.3) is 22.4 Å². The highest BCUT2D eigenvalue weighted by molar-refractivity contribution is 5.92. The van der Waals surface area contributed by atoms with Gasteiger partial charge in [0.05, 0.1) is 12.1 Å². The number of amides is 1. The molecule has 0 bridgehead atoms. The largest absolute Gasteiger partial charge is 0.355 e. The molecule has 4 aromatic rings. The molecule has 3 aromatic carbocycles. The monoisotopic (exact) mass is 434 g/mol. The van der Waals surface area contributed by atoms with Crippen LogP contribution in [0.4, 0.5) is 11.5 Å². The van der Waals surface area contributed by atoms with Crippen LogP contribution < -0.4 is 10.2 Å². The molecule has 0 radical (unpaired) electrons. The fourth-order valence-electron chi connectivity index (χ4n) is 4.15. The standard InChI is InChI=1S/C28H26N4O/c33-28(20-21-8-10-23(11-9-21)22-6-2-1-3-7-22)29-25-14-12-24(13-15-25)26-16-17-27(31-30-26)32-18-4-5-19-32/h1-3,6-17H,4-5,18-20H2,(H,29,33). The van der Waals surface area contributed by atoms with Gasteiger partial charge in [0.2, 0.25) is 5.91 Å². The molecule has 164 valence electrons. The Kier molecular flexibility index (Phi) is 6.11. The third-order valence-corrected chi connectivity index (χ3v) is 5.97. The Hall–Kier alpha value is -3.99. The van der Waals surface area contributed by atoms with Crippen molar-refractivity contribution in [2.24, 2.45) is 0 Å². The van der Waals surface area contributed by atoms with E-state index in [0.717, 1.165) is 47.0 Å². The third-order valence-electron chi connectivity index (χ3n) is 5.97. The minimum Gasteiger partial charge on any atom is -0.355 e. The molecule has 1 amide bonds. The van der Waals surface area contributed by atoms with Gasteiger partial charge in [0.15, 0.2) is 5.82 Å². The lowest BCUT2D eigenvalue weighted by atomic mass is 10.0. The van der Waals surface area contributed by atoms with E-state index in [0.29, 0.717) is 6.42 Å². The predicted molar refractivity (Wildman–Crippen MR) is 133 cm³/mol. The van der Waals surface area contributed by atoms with E-state index in [1.807, 2.05) is 66.7 Å². The molecule has 1 N–H and O–H groups in total. The molecule has 1 aromatic heterocycles. The molecular formula is C28H26N4O. The van der Waals surface area contributed by atoms with E-state index < -0.39 is 0 Å². The number of benzene rings is 3. The van der Waals surface area contributed by atoms with Crippen molar-refractivity contribution >= 4 is 17.4 Å². The van der Waals surface area contributed by atoms with E-state index >= 15 is 0 Å². The number of rotatable bonds is 6. The van der Waals surface area contributed by atoms with Crippen LogP contribution in [0.15, 0.2) is 91.0 Å². The minimum absolute atomic E-state index is 0.0371. The molecule has 0 atom stereocenters. The van der Waals surface area contributed by atoms with Crippen molar-refractivity contribution in [2.45, 2.75) is 19.3 Å². The van der Waals surface area contributed by atoms with E-state index in [9.17, 15) is 4.79 Å². The molecule has 0 aliphatic carbocycles.